The third kappa shape index (κ3) is 24.5. The van der Waals surface area contributed by atoms with Crippen molar-refractivity contribution in [2.75, 3.05) is 26.4 Å². The Kier molecular flexibility index (Phi) is 25.7. The topological polar surface area (TPSA) is 149 Å². The minimum atomic E-state index is -4.60. The van der Waals surface area contributed by atoms with Gasteiger partial charge in [-0.25, -0.2) is 4.57 Å². The highest BCUT2D eigenvalue weighted by Gasteiger charge is 2.27. The molecule has 0 fully saturated rings. The van der Waals surface area contributed by atoms with Gasteiger partial charge < -0.3 is 24.6 Å². The van der Waals surface area contributed by atoms with E-state index < -0.39 is 58.4 Å². The Morgan fingerprint density at radius 1 is 0.650 bits per heavy atom. The lowest BCUT2D eigenvalue weighted by Gasteiger charge is -2.20. The predicted molar refractivity (Wildman–Crippen MR) is 155 cm³/mol. The van der Waals surface area contributed by atoms with Crippen LogP contribution in [0, 0.1) is 0 Å². The average molecular weight is 595 g/mol. The van der Waals surface area contributed by atoms with Crippen molar-refractivity contribution < 1.29 is 47.8 Å². The lowest BCUT2D eigenvalue weighted by molar-refractivity contribution is -0.153. The summed E-state index contributed by atoms with van der Waals surface area (Å²) in [5.74, 6) is -1.06. The zero-order valence-corrected chi connectivity index (χ0v) is 25.7. The molecule has 0 amide bonds. The highest BCUT2D eigenvalue weighted by atomic mass is 31.2. The van der Waals surface area contributed by atoms with Gasteiger partial charge in [-0.1, -0.05) is 83.8 Å². The first-order valence-electron chi connectivity index (χ1n) is 15.1. The maximum Gasteiger partial charge on any atom is 0.472 e. The minimum Gasteiger partial charge on any atom is -0.457 e. The molecule has 0 rings (SSSR count). The lowest BCUT2D eigenvalue weighted by Crippen LogP contribution is -2.28. The van der Waals surface area contributed by atoms with Crippen molar-refractivity contribution in [2.45, 2.75) is 135 Å². The zero-order valence-electron chi connectivity index (χ0n) is 24.8. The monoisotopic (exact) mass is 594 g/mol. The molecule has 0 bridgehead atoms. The third-order valence-electron chi connectivity index (χ3n) is 6.23. The molecule has 0 aromatic carbocycles. The second-order valence-corrected chi connectivity index (χ2v) is 11.5. The van der Waals surface area contributed by atoms with Gasteiger partial charge in [0.1, 0.15) is 12.2 Å². The van der Waals surface area contributed by atoms with Gasteiger partial charge in [0.2, 0.25) is 0 Å². The van der Waals surface area contributed by atoms with Gasteiger partial charge in [0, 0.05) is 12.8 Å². The van der Waals surface area contributed by atoms with Crippen molar-refractivity contribution >= 4 is 19.8 Å². The molecule has 40 heavy (non-hydrogen) atoms. The Morgan fingerprint density at radius 3 is 1.50 bits per heavy atom. The van der Waals surface area contributed by atoms with Gasteiger partial charge in [-0.15, -0.1) is 0 Å². The van der Waals surface area contributed by atoms with Crippen LogP contribution < -0.4 is 0 Å². The molecule has 11 heteroatoms. The van der Waals surface area contributed by atoms with Crippen LogP contribution in [0.25, 0.3) is 0 Å². The zero-order chi connectivity index (χ0) is 29.9. The summed E-state index contributed by atoms with van der Waals surface area (Å²) in [5, 5.41) is 18.7. The molecule has 0 aliphatic carbocycles. The molecule has 0 aliphatic heterocycles. The molecule has 0 aliphatic rings. The lowest BCUT2D eigenvalue weighted by atomic mass is 10.1. The first-order valence-corrected chi connectivity index (χ1v) is 16.6. The number of rotatable bonds is 28. The number of allylic oxidation sites excluding steroid dienone is 2. The van der Waals surface area contributed by atoms with Crippen LogP contribution in [0.4, 0.5) is 0 Å². The van der Waals surface area contributed by atoms with Crippen molar-refractivity contribution in [1.82, 2.24) is 0 Å². The normalized spacial score (nSPS) is 14.6. The maximum atomic E-state index is 12.1. The number of esters is 2. The van der Waals surface area contributed by atoms with Crippen LogP contribution in [-0.2, 0) is 32.7 Å². The number of aliphatic hydroxyl groups excluding tert-OH is 2. The van der Waals surface area contributed by atoms with Gasteiger partial charge in [-0.2, -0.15) is 0 Å². The average Bonchev–Trinajstić information content (AvgIpc) is 2.94. The smallest absolute Gasteiger partial charge is 0.457 e. The summed E-state index contributed by atoms with van der Waals surface area (Å²) in [6, 6.07) is 0. The van der Waals surface area contributed by atoms with Crippen LogP contribution in [0.5, 0.6) is 0 Å². The van der Waals surface area contributed by atoms with Crippen LogP contribution in [0.1, 0.15) is 123 Å². The van der Waals surface area contributed by atoms with Crippen LogP contribution >= 0.6 is 7.82 Å². The predicted octanol–water partition coefficient (Wildman–Crippen LogP) is 6.16. The molecule has 0 aromatic rings. The fourth-order valence-electron chi connectivity index (χ4n) is 3.79. The van der Waals surface area contributed by atoms with E-state index in [1.807, 2.05) is 6.92 Å². The van der Waals surface area contributed by atoms with E-state index in [1.54, 1.807) is 0 Å². The number of unbranched alkanes of at least 4 members (excludes halogenated alkanes) is 12. The van der Waals surface area contributed by atoms with Crippen molar-refractivity contribution in [3.05, 3.63) is 12.2 Å². The molecule has 0 radical (unpaired) electrons. The quantitative estimate of drug-likeness (QED) is 0.0416. The summed E-state index contributed by atoms with van der Waals surface area (Å²) in [5.41, 5.74) is 0. The standard InChI is InChI=1S/C29H55O10P/c1-3-5-7-8-9-10-11-12-13-14-15-16-17-18-19-21-29(33)39-27(23-31)25-37-40(34,35)36-24-26(22-30)38-28(32)20-6-4-2/h12-13,26-27,30-31H,3-11,14-25H2,1-2H3,(H,34,35)/b13-12-. The largest absolute Gasteiger partial charge is 0.472 e. The van der Waals surface area contributed by atoms with E-state index in [9.17, 15) is 29.3 Å². The second kappa shape index (κ2) is 26.6. The summed E-state index contributed by atoms with van der Waals surface area (Å²) >= 11 is 0. The van der Waals surface area contributed by atoms with E-state index in [-0.39, 0.29) is 12.8 Å². The van der Waals surface area contributed by atoms with E-state index >= 15 is 0 Å². The van der Waals surface area contributed by atoms with E-state index in [0.717, 1.165) is 44.9 Å². The van der Waals surface area contributed by atoms with E-state index in [1.165, 1.54) is 38.5 Å². The van der Waals surface area contributed by atoms with E-state index in [2.05, 4.69) is 19.1 Å². The molecular weight excluding hydrogens is 539 g/mol. The Balaban J connectivity index is 3.95. The molecule has 3 N–H and O–H groups in total. The number of ether oxygens (including phenoxy) is 2. The van der Waals surface area contributed by atoms with Gasteiger partial charge in [0.15, 0.2) is 0 Å². The highest BCUT2D eigenvalue weighted by Crippen LogP contribution is 2.43. The molecule has 0 heterocycles. The van der Waals surface area contributed by atoms with Gasteiger partial charge in [0.25, 0.3) is 0 Å². The number of hydrogen-bond acceptors (Lipinski definition) is 9. The molecule has 236 valence electrons. The molecule has 10 nitrogen and oxygen atoms in total. The Morgan fingerprint density at radius 2 is 1.05 bits per heavy atom. The van der Waals surface area contributed by atoms with Crippen molar-refractivity contribution in [2.24, 2.45) is 0 Å². The summed E-state index contributed by atoms with van der Waals surface area (Å²) in [6.07, 6.45) is 19.1. The molecule has 3 atom stereocenters. The van der Waals surface area contributed by atoms with Crippen molar-refractivity contribution in [1.29, 1.82) is 0 Å². The Labute approximate surface area is 241 Å². The Bertz CT molecular complexity index is 700. The molecule has 0 saturated carbocycles. The fourth-order valence-corrected chi connectivity index (χ4v) is 4.57. The highest BCUT2D eigenvalue weighted by molar-refractivity contribution is 7.47. The number of phosphoric acid groups is 1. The first kappa shape index (κ1) is 38.7. The van der Waals surface area contributed by atoms with Crippen molar-refractivity contribution in [3.63, 3.8) is 0 Å². The third-order valence-corrected chi connectivity index (χ3v) is 7.18. The maximum absolute atomic E-state index is 12.1. The molecule has 3 unspecified atom stereocenters. The minimum absolute atomic E-state index is 0.167. The van der Waals surface area contributed by atoms with Crippen LogP contribution in [0.3, 0.4) is 0 Å². The van der Waals surface area contributed by atoms with Gasteiger partial charge in [-0.05, 0) is 38.5 Å². The number of aliphatic hydroxyl groups is 2. The molecule has 0 spiro atoms. The Hall–Kier alpha value is -1.29. The number of hydrogen-bond donors (Lipinski definition) is 3. The SMILES string of the molecule is CCCCCCCC/C=C\CCCCCCCC(=O)OC(CO)COP(=O)(O)OCC(CO)OC(=O)CCCC. The summed E-state index contributed by atoms with van der Waals surface area (Å²) in [6.45, 7) is 1.86. The first-order chi connectivity index (χ1) is 19.3. The van der Waals surface area contributed by atoms with E-state index in [0.29, 0.717) is 12.8 Å². The van der Waals surface area contributed by atoms with Crippen LogP contribution in [-0.4, -0.2) is 65.7 Å². The number of phosphoric ester groups is 1. The molecular formula is C29H55O10P. The fraction of sp³-hybridized carbons (Fsp3) is 0.862. The van der Waals surface area contributed by atoms with Crippen molar-refractivity contribution in [3.8, 4) is 0 Å². The summed E-state index contributed by atoms with van der Waals surface area (Å²) < 4.78 is 31.8. The second-order valence-electron chi connectivity index (χ2n) is 10.1. The van der Waals surface area contributed by atoms with Gasteiger partial charge in [-0.3, -0.25) is 18.6 Å². The molecule has 0 saturated heterocycles. The molecule has 0 aromatic heterocycles. The summed E-state index contributed by atoms with van der Waals surface area (Å²) in [4.78, 5) is 33.5. The van der Waals surface area contributed by atoms with E-state index in [4.69, 9.17) is 18.5 Å². The van der Waals surface area contributed by atoms with Crippen LogP contribution in [0.2, 0.25) is 0 Å². The number of carbonyl (C=O) groups is 2. The van der Waals surface area contributed by atoms with Gasteiger partial charge >= 0.3 is 19.8 Å². The van der Waals surface area contributed by atoms with Gasteiger partial charge in [0.05, 0.1) is 26.4 Å². The number of carbonyl (C=O) groups excluding carboxylic acids is 2. The summed E-state index contributed by atoms with van der Waals surface area (Å²) in [7, 11) is -4.60. The van der Waals surface area contributed by atoms with Crippen LogP contribution in [0.15, 0.2) is 12.2 Å².